The Balaban J connectivity index is 1.78. The van der Waals surface area contributed by atoms with Crippen molar-refractivity contribution >= 4 is 16.8 Å². The molecule has 0 aliphatic rings. The van der Waals surface area contributed by atoms with Gasteiger partial charge >= 0.3 is 0 Å². The topological polar surface area (TPSA) is 57.8 Å². The second-order valence-corrected chi connectivity index (χ2v) is 4.76. The summed E-state index contributed by atoms with van der Waals surface area (Å²) < 4.78 is 0. The predicted molar refractivity (Wildman–Crippen MR) is 78.4 cm³/mol. The van der Waals surface area contributed by atoms with E-state index >= 15 is 0 Å². The Morgan fingerprint density at radius 2 is 2.00 bits per heavy atom. The smallest absolute Gasteiger partial charge is 0.251 e. The molecule has 2 N–H and O–H groups in total. The van der Waals surface area contributed by atoms with Crippen LogP contribution in [0.1, 0.15) is 28.9 Å². The van der Waals surface area contributed by atoms with E-state index in [2.05, 4.69) is 15.3 Å². The van der Waals surface area contributed by atoms with Gasteiger partial charge in [0.1, 0.15) is 0 Å². The quantitative estimate of drug-likeness (QED) is 0.764. The van der Waals surface area contributed by atoms with Crippen molar-refractivity contribution in [3.63, 3.8) is 0 Å². The molecule has 0 saturated carbocycles. The van der Waals surface area contributed by atoms with Gasteiger partial charge in [0.25, 0.3) is 5.91 Å². The Morgan fingerprint density at radius 1 is 1.20 bits per heavy atom. The van der Waals surface area contributed by atoms with E-state index in [-0.39, 0.29) is 11.9 Å². The Kier molecular flexibility index (Phi) is 3.21. The molecule has 100 valence electrons. The molecule has 1 unspecified atom stereocenters. The Labute approximate surface area is 116 Å². The highest BCUT2D eigenvalue weighted by atomic mass is 16.1. The van der Waals surface area contributed by atoms with E-state index in [1.54, 1.807) is 12.4 Å². The summed E-state index contributed by atoms with van der Waals surface area (Å²) in [6.07, 6.45) is 5.32. The maximum atomic E-state index is 12.3. The van der Waals surface area contributed by atoms with Crippen LogP contribution in [0.5, 0.6) is 0 Å². The number of aromatic nitrogens is 2. The first-order valence-electron chi connectivity index (χ1n) is 6.52. The molecule has 2 aromatic heterocycles. The second kappa shape index (κ2) is 5.17. The minimum Gasteiger partial charge on any atom is -0.361 e. The lowest BCUT2D eigenvalue weighted by molar-refractivity contribution is 0.0940. The third kappa shape index (κ3) is 2.40. The molecule has 3 aromatic rings. The number of amides is 1. The minimum atomic E-state index is -0.0780. The SMILES string of the molecule is CC(NC(=O)c1ccc2cc[nH]c2c1)c1ccncc1. The molecule has 0 saturated heterocycles. The summed E-state index contributed by atoms with van der Waals surface area (Å²) in [6.45, 7) is 1.96. The first-order chi connectivity index (χ1) is 9.74. The number of H-pyrrole nitrogens is 1. The van der Waals surface area contributed by atoms with E-state index in [1.165, 1.54) is 0 Å². The third-order valence-electron chi connectivity index (χ3n) is 3.37. The van der Waals surface area contributed by atoms with Crippen molar-refractivity contribution in [2.45, 2.75) is 13.0 Å². The molecule has 20 heavy (non-hydrogen) atoms. The highest BCUT2D eigenvalue weighted by Gasteiger charge is 2.11. The molecule has 0 aliphatic heterocycles. The minimum absolute atomic E-state index is 0.0511. The van der Waals surface area contributed by atoms with Crippen molar-refractivity contribution in [2.24, 2.45) is 0 Å². The average Bonchev–Trinajstić information content (AvgIpc) is 2.95. The number of nitrogens with one attached hydrogen (secondary N) is 2. The fraction of sp³-hybridized carbons (Fsp3) is 0.125. The average molecular weight is 265 g/mol. The summed E-state index contributed by atoms with van der Waals surface area (Å²) in [7, 11) is 0. The van der Waals surface area contributed by atoms with Crippen LogP contribution in [0.4, 0.5) is 0 Å². The second-order valence-electron chi connectivity index (χ2n) is 4.76. The Hall–Kier alpha value is -2.62. The van der Waals surface area contributed by atoms with Crippen LogP contribution in [0.2, 0.25) is 0 Å². The van der Waals surface area contributed by atoms with Crippen LogP contribution in [0.3, 0.4) is 0 Å². The lowest BCUT2D eigenvalue weighted by atomic mass is 10.1. The van der Waals surface area contributed by atoms with Gasteiger partial charge in [-0.15, -0.1) is 0 Å². The molecule has 0 aliphatic carbocycles. The van der Waals surface area contributed by atoms with E-state index in [4.69, 9.17) is 0 Å². The number of hydrogen-bond donors (Lipinski definition) is 2. The molecule has 0 bridgehead atoms. The molecular formula is C16H15N3O. The number of carbonyl (C=O) groups excluding carboxylic acids is 1. The van der Waals surface area contributed by atoms with E-state index in [9.17, 15) is 4.79 Å². The van der Waals surface area contributed by atoms with Gasteiger partial charge in [0.2, 0.25) is 0 Å². The number of pyridine rings is 1. The van der Waals surface area contributed by atoms with E-state index in [1.807, 2.05) is 49.5 Å². The van der Waals surface area contributed by atoms with Gasteiger partial charge in [0.05, 0.1) is 6.04 Å². The van der Waals surface area contributed by atoms with Crippen molar-refractivity contribution in [1.82, 2.24) is 15.3 Å². The van der Waals surface area contributed by atoms with Crippen molar-refractivity contribution in [1.29, 1.82) is 0 Å². The molecule has 0 fully saturated rings. The van der Waals surface area contributed by atoms with E-state index in [0.717, 1.165) is 16.5 Å². The number of aromatic amines is 1. The zero-order valence-electron chi connectivity index (χ0n) is 11.1. The fourth-order valence-electron chi connectivity index (χ4n) is 2.20. The van der Waals surface area contributed by atoms with Crippen molar-refractivity contribution in [2.75, 3.05) is 0 Å². The van der Waals surface area contributed by atoms with E-state index < -0.39 is 0 Å². The van der Waals surface area contributed by atoms with Crippen LogP contribution in [0.15, 0.2) is 55.0 Å². The largest absolute Gasteiger partial charge is 0.361 e. The van der Waals surface area contributed by atoms with Crippen molar-refractivity contribution < 1.29 is 4.79 Å². The highest BCUT2D eigenvalue weighted by molar-refractivity contribution is 5.98. The summed E-state index contributed by atoms with van der Waals surface area (Å²) in [5, 5.41) is 4.09. The number of hydrogen-bond acceptors (Lipinski definition) is 2. The van der Waals surface area contributed by atoms with Gasteiger partial charge in [-0.25, -0.2) is 0 Å². The number of benzene rings is 1. The van der Waals surface area contributed by atoms with Crippen molar-refractivity contribution in [3.8, 4) is 0 Å². The van der Waals surface area contributed by atoms with Crippen LogP contribution in [0.25, 0.3) is 10.9 Å². The first kappa shape index (κ1) is 12.4. The monoisotopic (exact) mass is 265 g/mol. The number of carbonyl (C=O) groups is 1. The molecule has 2 heterocycles. The summed E-state index contributed by atoms with van der Waals surface area (Å²) in [5.41, 5.74) is 2.66. The molecule has 4 heteroatoms. The zero-order chi connectivity index (χ0) is 13.9. The van der Waals surface area contributed by atoms with Crippen LogP contribution in [-0.4, -0.2) is 15.9 Å². The Morgan fingerprint density at radius 3 is 2.80 bits per heavy atom. The molecule has 1 atom stereocenters. The summed E-state index contributed by atoms with van der Waals surface area (Å²) in [5.74, 6) is -0.0780. The first-order valence-corrected chi connectivity index (χ1v) is 6.52. The van der Waals surface area contributed by atoms with Crippen LogP contribution < -0.4 is 5.32 Å². The van der Waals surface area contributed by atoms with Gasteiger partial charge < -0.3 is 10.3 Å². The number of fused-ring (bicyclic) bond motifs is 1. The van der Waals surface area contributed by atoms with Gasteiger partial charge in [-0.1, -0.05) is 6.07 Å². The molecular weight excluding hydrogens is 250 g/mol. The van der Waals surface area contributed by atoms with Crippen LogP contribution >= 0.6 is 0 Å². The van der Waals surface area contributed by atoms with Gasteiger partial charge in [-0.05, 0) is 48.2 Å². The van der Waals surface area contributed by atoms with E-state index in [0.29, 0.717) is 5.56 Å². The maximum Gasteiger partial charge on any atom is 0.251 e. The van der Waals surface area contributed by atoms with Gasteiger partial charge in [0.15, 0.2) is 0 Å². The molecule has 3 rings (SSSR count). The van der Waals surface area contributed by atoms with Gasteiger partial charge in [-0.2, -0.15) is 0 Å². The normalized spacial score (nSPS) is 12.2. The van der Waals surface area contributed by atoms with Crippen LogP contribution in [-0.2, 0) is 0 Å². The standard InChI is InChI=1S/C16H15N3O/c1-11(12-4-7-17-8-5-12)19-16(20)14-3-2-13-6-9-18-15(13)10-14/h2-11,18H,1H3,(H,19,20). The summed E-state index contributed by atoms with van der Waals surface area (Å²) in [4.78, 5) is 19.3. The fourth-order valence-corrected chi connectivity index (χ4v) is 2.20. The lowest BCUT2D eigenvalue weighted by Gasteiger charge is -2.14. The molecule has 0 radical (unpaired) electrons. The van der Waals surface area contributed by atoms with Gasteiger partial charge in [-0.3, -0.25) is 9.78 Å². The number of rotatable bonds is 3. The molecule has 1 aromatic carbocycles. The van der Waals surface area contributed by atoms with Crippen LogP contribution in [0, 0.1) is 0 Å². The third-order valence-corrected chi connectivity index (χ3v) is 3.37. The van der Waals surface area contributed by atoms with Gasteiger partial charge in [0, 0.05) is 29.7 Å². The molecule has 4 nitrogen and oxygen atoms in total. The molecule has 1 amide bonds. The predicted octanol–water partition coefficient (Wildman–Crippen LogP) is 3.05. The van der Waals surface area contributed by atoms with Crippen molar-refractivity contribution in [3.05, 3.63) is 66.1 Å². The number of nitrogens with zero attached hydrogens (tertiary/aromatic N) is 1. The maximum absolute atomic E-state index is 12.3. The summed E-state index contributed by atoms with van der Waals surface area (Å²) in [6, 6.07) is 11.4. The summed E-state index contributed by atoms with van der Waals surface area (Å²) >= 11 is 0. The highest BCUT2D eigenvalue weighted by Crippen LogP contribution is 2.16. The lowest BCUT2D eigenvalue weighted by Crippen LogP contribution is -2.26. The zero-order valence-corrected chi connectivity index (χ0v) is 11.1. The Bertz CT molecular complexity index is 734. The molecule has 0 spiro atoms.